The topological polar surface area (TPSA) is 81.1 Å². The van der Waals surface area contributed by atoms with Crippen LogP contribution in [0.15, 0.2) is 29.7 Å². The SMILES string of the molecule is Cl.NC(CSSc1nccn1C1Cc2ccc(F)c(F)c2C1)C(=O)O. The van der Waals surface area contributed by atoms with Crippen LogP contribution < -0.4 is 5.73 Å². The molecule has 0 spiro atoms. The van der Waals surface area contributed by atoms with Crippen molar-refractivity contribution in [1.82, 2.24) is 9.55 Å². The van der Waals surface area contributed by atoms with Gasteiger partial charge in [0.15, 0.2) is 16.8 Å². The number of aromatic nitrogens is 2. The first-order valence-electron chi connectivity index (χ1n) is 7.23. The molecule has 5 nitrogen and oxygen atoms in total. The van der Waals surface area contributed by atoms with E-state index in [1.165, 1.54) is 21.6 Å². The third kappa shape index (κ3) is 4.28. The van der Waals surface area contributed by atoms with Gasteiger partial charge in [-0.15, -0.1) is 12.4 Å². The van der Waals surface area contributed by atoms with Gasteiger partial charge in [-0.3, -0.25) is 4.79 Å². The molecule has 3 N–H and O–H groups in total. The van der Waals surface area contributed by atoms with Crippen molar-refractivity contribution in [3.63, 3.8) is 0 Å². The molecule has 1 heterocycles. The molecule has 3 rings (SSSR count). The number of nitrogens with zero attached hydrogens (tertiary/aromatic N) is 2. The minimum Gasteiger partial charge on any atom is -0.480 e. The van der Waals surface area contributed by atoms with E-state index in [0.29, 0.717) is 23.6 Å². The maximum Gasteiger partial charge on any atom is 0.321 e. The van der Waals surface area contributed by atoms with Crippen molar-refractivity contribution in [1.29, 1.82) is 0 Å². The number of hydrogen-bond donors (Lipinski definition) is 2. The number of halogens is 3. The number of carbonyl (C=O) groups is 1. The van der Waals surface area contributed by atoms with E-state index in [4.69, 9.17) is 10.8 Å². The molecule has 0 amide bonds. The van der Waals surface area contributed by atoms with Crippen molar-refractivity contribution in [2.45, 2.75) is 30.1 Å². The Balaban J connectivity index is 0.00000225. The maximum absolute atomic E-state index is 13.9. The Morgan fingerprint density at radius 3 is 2.92 bits per heavy atom. The first-order valence-corrected chi connectivity index (χ1v) is 9.55. The molecule has 0 fully saturated rings. The Bertz CT molecular complexity index is 775. The van der Waals surface area contributed by atoms with Gasteiger partial charge in [0.1, 0.15) is 6.04 Å². The van der Waals surface area contributed by atoms with Gasteiger partial charge in [-0.2, -0.15) is 0 Å². The van der Waals surface area contributed by atoms with Crippen LogP contribution in [0.2, 0.25) is 0 Å². The van der Waals surface area contributed by atoms with Crippen LogP contribution in [0.1, 0.15) is 17.2 Å². The number of imidazole rings is 1. The highest BCUT2D eigenvalue weighted by Crippen LogP contribution is 2.37. The number of carboxylic acids is 1. The summed E-state index contributed by atoms with van der Waals surface area (Å²) in [5.74, 6) is -2.40. The van der Waals surface area contributed by atoms with Gasteiger partial charge in [0, 0.05) is 24.2 Å². The molecule has 0 saturated carbocycles. The molecular formula is C15H16ClF2N3O2S2. The lowest BCUT2D eigenvalue weighted by Crippen LogP contribution is -2.32. The molecule has 1 aromatic carbocycles. The molecule has 136 valence electrons. The number of nitrogens with two attached hydrogens (primary N) is 1. The summed E-state index contributed by atoms with van der Waals surface area (Å²) in [5.41, 5.74) is 6.70. The zero-order chi connectivity index (χ0) is 17.3. The zero-order valence-corrected chi connectivity index (χ0v) is 15.3. The predicted molar refractivity (Wildman–Crippen MR) is 96.2 cm³/mol. The van der Waals surface area contributed by atoms with Crippen LogP contribution in [0.3, 0.4) is 0 Å². The summed E-state index contributed by atoms with van der Waals surface area (Å²) in [5, 5.41) is 9.47. The predicted octanol–water partition coefficient (Wildman–Crippen LogP) is 3.08. The highest BCUT2D eigenvalue weighted by Gasteiger charge is 2.28. The van der Waals surface area contributed by atoms with Crippen LogP contribution >= 0.6 is 34.0 Å². The van der Waals surface area contributed by atoms with E-state index in [9.17, 15) is 13.6 Å². The summed E-state index contributed by atoms with van der Waals surface area (Å²) < 4.78 is 29.2. The molecule has 0 saturated heterocycles. The second kappa shape index (κ2) is 8.39. The molecule has 0 aliphatic heterocycles. The van der Waals surface area contributed by atoms with Gasteiger partial charge >= 0.3 is 5.97 Å². The molecule has 1 aliphatic carbocycles. The summed E-state index contributed by atoms with van der Waals surface area (Å²) in [7, 11) is 2.63. The van der Waals surface area contributed by atoms with E-state index in [0.717, 1.165) is 11.6 Å². The third-order valence-electron chi connectivity index (χ3n) is 3.91. The number of benzene rings is 1. The quantitative estimate of drug-likeness (QED) is 0.716. The van der Waals surface area contributed by atoms with E-state index < -0.39 is 23.6 Å². The van der Waals surface area contributed by atoms with Crippen LogP contribution in [-0.4, -0.2) is 32.4 Å². The molecule has 0 radical (unpaired) electrons. The van der Waals surface area contributed by atoms with E-state index in [1.807, 2.05) is 4.57 Å². The zero-order valence-electron chi connectivity index (χ0n) is 12.9. The Kier molecular flexibility index (Phi) is 6.72. The third-order valence-corrected chi connectivity index (χ3v) is 6.20. The number of fused-ring (bicyclic) bond motifs is 1. The minimum atomic E-state index is -1.05. The molecule has 0 bridgehead atoms. The van der Waals surface area contributed by atoms with E-state index in [-0.39, 0.29) is 24.2 Å². The lowest BCUT2D eigenvalue weighted by molar-refractivity contribution is -0.137. The minimum absolute atomic E-state index is 0. The van der Waals surface area contributed by atoms with Crippen LogP contribution in [0, 0.1) is 11.6 Å². The van der Waals surface area contributed by atoms with Crippen molar-refractivity contribution in [2.24, 2.45) is 5.73 Å². The normalized spacial score (nSPS) is 17.0. The first kappa shape index (κ1) is 20.0. The number of carboxylic acid groups (broad SMARTS) is 1. The van der Waals surface area contributed by atoms with Gasteiger partial charge in [0.2, 0.25) is 0 Å². The lowest BCUT2D eigenvalue weighted by Gasteiger charge is -2.14. The van der Waals surface area contributed by atoms with Gasteiger partial charge in [0.25, 0.3) is 0 Å². The molecule has 1 aliphatic rings. The molecule has 25 heavy (non-hydrogen) atoms. The highest BCUT2D eigenvalue weighted by molar-refractivity contribution is 8.76. The van der Waals surface area contributed by atoms with Gasteiger partial charge < -0.3 is 15.4 Å². The van der Waals surface area contributed by atoms with Crippen LogP contribution in [0.5, 0.6) is 0 Å². The summed E-state index contributed by atoms with van der Waals surface area (Å²) in [4.78, 5) is 15.0. The monoisotopic (exact) mass is 407 g/mol. The summed E-state index contributed by atoms with van der Waals surface area (Å²) >= 11 is 0. The van der Waals surface area contributed by atoms with E-state index in [2.05, 4.69) is 4.98 Å². The summed E-state index contributed by atoms with van der Waals surface area (Å²) in [6.45, 7) is 0. The van der Waals surface area contributed by atoms with Gasteiger partial charge in [-0.1, -0.05) is 16.9 Å². The average Bonchev–Trinajstić information content (AvgIpc) is 3.17. The molecule has 2 unspecified atom stereocenters. The second-order valence-corrected chi connectivity index (χ2v) is 7.80. The van der Waals surface area contributed by atoms with Crippen LogP contribution in [0.25, 0.3) is 0 Å². The summed E-state index contributed by atoms with van der Waals surface area (Å²) in [6, 6.07) is 1.82. The smallest absolute Gasteiger partial charge is 0.321 e. The Labute approximate surface area is 157 Å². The lowest BCUT2D eigenvalue weighted by atomic mass is 10.1. The fourth-order valence-electron chi connectivity index (χ4n) is 2.68. The maximum atomic E-state index is 13.9. The number of hydrogen-bond acceptors (Lipinski definition) is 5. The van der Waals surface area contributed by atoms with Gasteiger partial charge in [-0.25, -0.2) is 13.8 Å². The van der Waals surface area contributed by atoms with Crippen LogP contribution in [0.4, 0.5) is 8.78 Å². The summed E-state index contributed by atoms with van der Waals surface area (Å²) in [6.07, 6.45) is 4.45. The standard InChI is InChI=1S/C15H15F2N3O2S2.ClH/c16-11-2-1-8-5-9(6-10(8)13(11)17)20-4-3-19-15(20)24-23-7-12(18)14(21)22;/h1-4,9,12H,5-7,18H2,(H,21,22);1H. The van der Waals surface area contributed by atoms with E-state index >= 15 is 0 Å². The van der Waals surface area contributed by atoms with E-state index in [1.54, 1.807) is 18.5 Å². The van der Waals surface area contributed by atoms with Gasteiger partial charge in [0.05, 0.1) is 0 Å². The van der Waals surface area contributed by atoms with Crippen molar-refractivity contribution in [3.05, 3.63) is 47.3 Å². The molecule has 10 heteroatoms. The first-order chi connectivity index (χ1) is 11.5. The van der Waals surface area contributed by atoms with Crippen LogP contribution in [-0.2, 0) is 17.6 Å². The van der Waals surface area contributed by atoms with Crippen molar-refractivity contribution in [2.75, 3.05) is 5.75 Å². The number of rotatable bonds is 6. The van der Waals surface area contributed by atoms with Gasteiger partial charge in [-0.05, 0) is 40.8 Å². The second-order valence-electron chi connectivity index (χ2n) is 5.49. The van der Waals surface area contributed by atoms with Crippen molar-refractivity contribution < 1.29 is 18.7 Å². The fourth-order valence-corrected chi connectivity index (χ4v) is 4.89. The Morgan fingerprint density at radius 2 is 2.20 bits per heavy atom. The molecular weight excluding hydrogens is 392 g/mol. The Morgan fingerprint density at radius 1 is 1.44 bits per heavy atom. The average molecular weight is 408 g/mol. The van der Waals surface area contributed by atoms with Crippen molar-refractivity contribution in [3.8, 4) is 0 Å². The molecule has 1 aromatic heterocycles. The Hall–Kier alpha value is -1.29. The largest absolute Gasteiger partial charge is 0.480 e. The highest BCUT2D eigenvalue weighted by atomic mass is 35.5. The number of aliphatic carboxylic acids is 1. The molecule has 2 atom stereocenters. The fraction of sp³-hybridized carbons (Fsp3) is 0.333. The van der Waals surface area contributed by atoms with Crippen molar-refractivity contribution >= 4 is 40.0 Å². The molecule has 2 aromatic rings.